The molecule has 3 aromatic rings. The lowest BCUT2D eigenvalue weighted by molar-refractivity contribution is 0.282. The average Bonchev–Trinajstić information content (AvgIpc) is 3.10. The van der Waals surface area contributed by atoms with Crippen LogP contribution in [0.3, 0.4) is 0 Å². The van der Waals surface area contributed by atoms with Crippen LogP contribution in [0.15, 0.2) is 53.5 Å². The van der Waals surface area contributed by atoms with E-state index in [2.05, 4.69) is 40.7 Å². The van der Waals surface area contributed by atoms with Crippen molar-refractivity contribution in [3.05, 3.63) is 70.4 Å². The quantitative estimate of drug-likeness (QED) is 0.570. The number of hydrogen-bond acceptors (Lipinski definition) is 6. The standard InChI is InChI=1S/C25H27FN4OS/c1-16-13-21-24(28-23-14-18(26)6-10-22(23)29-25(21)32-16)30-12-11-27-19(15-30)7-3-17-4-8-20(31-2)9-5-17/h4-6,8-10,13-14,19,27,29H,3,7,11-12,15H2,1-2H3/t19-/m0/s1. The third kappa shape index (κ3) is 4.36. The summed E-state index contributed by atoms with van der Waals surface area (Å²) in [4.78, 5) is 8.53. The molecule has 2 aliphatic rings. The van der Waals surface area contributed by atoms with Crippen molar-refractivity contribution in [3.8, 4) is 5.75 Å². The van der Waals surface area contributed by atoms with Gasteiger partial charge in [0.25, 0.3) is 0 Å². The van der Waals surface area contributed by atoms with Crippen LogP contribution in [0, 0.1) is 12.7 Å². The molecule has 0 bridgehead atoms. The summed E-state index contributed by atoms with van der Waals surface area (Å²) in [5, 5.41) is 8.20. The van der Waals surface area contributed by atoms with Gasteiger partial charge in [0.15, 0.2) is 0 Å². The summed E-state index contributed by atoms with van der Waals surface area (Å²) >= 11 is 1.71. The molecule has 0 spiro atoms. The van der Waals surface area contributed by atoms with E-state index >= 15 is 0 Å². The molecule has 0 aliphatic carbocycles. The summed E-state index contributed by atoms with van der Waals surface area (Å²) in [6.07, 6.45) is 2.04. The van der Waals surface area contributed by atoms with E-state index in [1.54, 1.807) is 24.5 Å². The van der Waals surface area contributed by atoms with Crippen LogP contribution in [-0.2, 0) is 6.42 Å². The first-order valence-electron chi connectivity index (χ1n) is 11.0. The lowest BCUT2D eigenvalue weighted by Gasteiger charge is -2.36. The van der Waals surface area contributed by atoms with Gasteiger partial charge in [0, 0.05) is 36.6 Å². The number of anilines is 2. The minimum absolute atomic E-state index is 0.271. The first kappa shape index (κ1) is 21.0. The Kier molecular flexibility index (Phi) is 5.85. The van der Waals surface area contributed by atoms with Gasteiger partial charge in [0.1, 0.15) is 22.4 Å². The van der Waals surface area contributed by atoms with Crippen LogP contribution in [0.5, 0.6) is 5.75 Å². The van der Waals surface area contributed by atoms with Gasteiger partial charge in [-0.15, -0.1) is 11.3 Å². The second-order valence-corrected chi connectivity index (χ2v) is 9.56. The third-order valence-electron chi connectivity index (χ3n) is 6.03. The van der Waals surface area contributed by atoms with Crippen molar-refractivity contribution in [2.75, 3.05) is 32.1 Å². The molecule has 1 fully saturated rings. The summed E-state index contributed by atoms with van der Waals surface area (Å²) < 4.78 is 19.2. The minimum Gasteiger partial charge on any atom is -0.497 e. The molecular weight excluding hydrogens is 423 g/mol. The number of halogens is 1. The van der Waals surface area contributed by atoms with E-state index in [-0.39, 0.29) is 5.82 Å². The Balaban J connectivity index is 1.37. The number of nitrogens with one attached hydrogen (secondary N) is 2. The van der Waals surface area contributed by atoms with E-state index in [9.17, 15) is 4.39 Å². The number of ether oxygens (including phenoxy) is 1. The molecule has 0 unspecified atom stereocenters. The molecule has 166 valence electrons. The SMILES string of the molecule is COc1ccc(CC[C@H]2CN(C3=Nc4cc(F)ccc4Nc4sc(C)cc43)CCN2)cc1. The van der Waals surface area contributed by atoms with Crippen LogP contribution < -0.4 is 15.4 Å². The lowest BCUT2D eigenvalue weighted by atomic mass is 10.0. The minimum atomic E-state index is -0.271. The number of thiophene rings is 1. The molecule has 2 aromatic carbocycles. The molecule has 0 radical (unpaired) electrons. The molecule has 32 heavy (non-hydrogen) atoms. The Morgan fingerprint density at radius 1 is 1.19 bits per heavy atom. The topological polar surface area (TPSA) is 48.9 Å². The molecule has 5 rings (SSSR count). The molecule has 1 aromatic heterocycles. The Morgan fingerprint density at radius 3 is 2.84 bits per heavy atom. The highest BCUT2D eigenvalue weighted by molar-refractivity contribution is 7.16. The van der Waals surface area contributed by atoms with Crippen LogP contribution in [-0.4, -0.2) is 43.5 Å². The fourth-order valence-corrected chi connectivity index (χ4v) is 5.28. The second-order valence-electron chi connectivity index (χ2n) is 8.31. The molecule has 2 N–H and O–H groups in total. The molecule has 7 heteroatoms. The molecule has 1 saturated heterocycles. The average molecular weight is 451 g/mol. The number of benzene rings is 2. The van der Waals surface area contributed by atoms with Gasteiger partial charge in [-0.3, -0.25) is 0 Å². The van der Waals surface area contributed by atoms with Gasteiger partial charge in [-0.2, -0.15) is 0 Å². The molecular formula is C25H27FN4OS. The largest absolute Gasteiger partial charge is 0.497 e. The fourth-order valence-electron chi connectivity index (χ4n) is 4.36. The first-order valence-corrected chi connectivity index (χ1v) is 11.8. The van der Waals surface area contributed by atoms with E-state index in [1.165, 1.54) is 22.6 Å². The van der Waals surface area contributed by atoms with E-state index in [0.717, 1.165) is 60.3 Å². The number of fused-ring (bicyclic) bond motifs is 2. The molecule has 2 aliphatic heterocycles. The predicted molar refractivity (Wildman–Crippen MR) is 130 cm³/mol. The molecule has 3 heterocycles. The highest BCUT2D eigenvalue weighted by Gasteiger charge is 2.27. The molecule has 0 amide bonds. The highest BCUT2D eigenvalue weighted by Crippen LogP contribution is 2.39. The zero-order valence-corrected chi connectivity index (χ0v) is 19.1. The summed E-state index contributed by atoms with van der Waals surface area (Å²) in [6, 6.07) is 15.6. The van der Waals surface area contributed by atoms with Crippen molar-refractivity contribution >= 4 is 33.5 Å². The van der Waals surface area contributed by atoms with Crippen molar-refractivity contribution < 1.29 is 9.13 Å². The van der Waals surface area contributed by atoms with Crippen molar-refractivity contribution in [2.24, 2.45) is 4.99 Å². The zero-order chi connectivity index (χ0) is 22.1. The Hall–Kier alpha value is -2.90. The monoisotopic (exact) mass is 450 g/mol. The highest BCUT2D eigenvalue weighted by atomic mass is 32.1. The Labute approximate surface area is 191 Å². The number of aliphatic imine (C=N–C) groups is 1. The summed E-state index contributed by atoms with van der Waals surface area (Å²) in [5.41, 5.74) is 3.89. The Morgan fingerprint density at radius 2 is 2.03 bits per heavy atom. The van der Waals surface area contributed by atoms with Crippen molar-refractivity contribution in [1.29, 1.82) is 0 Å². The number of piperazine rings is 1. The van der Waals surface area contributed by atoms with Crippen molar-refractivity contribution in [2.45, 2.75) is 25.8 Å². The summed E-state index contributed by atoms with van der Waals surface area (Å²) in [7, 11) is 1.69. The lowest BCUT2D eigenvalue weighted by Crippen LogP contribution is -2.52. The van der Waals surface area contributed by atoms with Gasteiger partial charge < -0.3 is 20.3 Å². The van der Waals surface area contributed by atoms with E-state index < -0.39 is 0 Å². The van der Waals surface area contributed by atoms with Crippen LogP contribution >= 0.6 is 11.3 Å². The maximum Gasteiger partial charge on any atom is 0.139 e. The third-order valence-corrected chi connectivity index (χ3v) is 6.99. The van der Waals surface area contributed by atoms with E-state index in [4.69, 9.17) is 9.73 Å². The fraction of sp³-hybridized carbons (Fsp3) is 0.320. The predicted octanol–water partition coefficient (Wildman–Crippen LogP) is 5.25. The van der Waals surface area contributed by atoms with Crippen molar-refractivity contribution in [1.82, 2.24) is 10.2 Å². The first-order chi connectivity index (χ1) is 15.6. The maximum atomic E-state index is 14.0. The zero-order valence-electron chi connectivity index (χ0n) is 18.3. The smallest absolute Gasteiger partial charge is 0.139 e. The van der Waals surface area contributed by atoms with Crippen molar-refractivity contribution in [3.63, 3.8) is 0 Å². The normalized spacial score (nSPS) is 17.7. The van der Waals surface area contributed by atoms with Gasteiger partial charge >= 0.3 is 0 Å². The molecule has 5 nitrogen and oxygen atoms in total. The van der Waals surface area contributed by atoms with Crippen LogP contribution in [0.2, 0.25) is 0 Å². The molecule has 0 saturated carbocycles. The number of hydrogen-bond donors (Lipinski definition) is 2. The van der Waals surface area contributed by atoms with E-state index in [0.29, 0.717) is 11.7 Å². The van der Waals surface area contributed by atoms with Gasteiger partial charge in [-0.05, 0) is 55.7 Å². The van der Waals surface area contributed by atoms with Gasteiger partial charge in [0.05, 0.1) is 24.0 Å². The summed E-state index contributed by atoms with van der Waals surface area (Å²) in [6.45, 7) is 4.75. The van der Waals surface area contributed by atoms with Gasteiger partial charge in [0.2, 0.25) is 0 Å². The van der Waals surface area contributed by atoms with E-state index in [1.807, 2.05) is 12.1 Å². The molecule has 1 atom stereocenters. The summed E-state index contributed by atoms with van der Waals surface area (Å²) in [5.74, 6) is 1.54. The second kappa shape index (κ2) is 8.92. The number of nitrogens with zero attached hydrogens (tertiary/aromatic N) is 2. The van der Waals surface area contributed by atoms with Crippen LogP contribution in [0.4, 0.5) is 20.8 Å². The van der Waals surface area contributed by atoms with Gasteiger partial charge in [-0.25, -0.2) is 9.38 Å². The van der Waals surface area contributed by atoms with Gasteiger partial charge in [-0.1, -0.05) is 12.1 Å². The van der Waals surface area contributed by atoms with Crippen LogP contribution in [0.25, 0.3) is 0 Å². The van der Waals surface area contributed by atoms with Crippen LogP contribution in [0.1, 0.15) is 22.4 Å². The number of methoxy groups -OCH3 is 1. The number of aryl methyl sites for hydroxylation is 2. The Bertz CT molecular complexity index is 1140. The maximum absolute atomic E-state index is 14.0. The number of amidine groups is 1. The number of rotatable bonds is 4.